The predicted octanol–water partition coefficient (Wildman–Crippen LogP) is 3.99. The van der Waals surface area contributed by atoms with E-state index in [2.05, 4.69) is 15.4 Å². The van der Waals surface area contributed by atoms with Crippen molar-refractivity contribution in [1.82, 2.24) is 19.9 Å². The van der Waals surface area contributed by atoms with Crippen molar-refractivity contribution >= 4 is 11.6 Å². The van der Waals surface area contributed by atoms with Crippen LogP contribution in [0.15, 0.2) is 65.5 Å². The first kappa shape index (κ1) is 21.4. The van der Waals surface area contributed by atoms with Crippen LogP contribution in [0.25, 0.3) is 16.8 Å². The van der Waals surface area contributed by atoms with Gasteiger partial charge in [-0.15, -0.1) is 0 Å². The number of rotatable bonds is 5. The molecule has 0 aliphatic heterocycles. The largest absolute Gasteiger partial charge is 0.435 e. The van der Waals surface area contributed by atoms with Gasteiger partial charge in [-0.25, -0.2) is 0 Å². The molecule has 0 unspecified atom stereocenters. The van der Waals surface area contributed by atoms with Gasteiger partial charge in [0.25, 0.3) is 11.5 Å². The average molecular weight is 440 g/mol. The number of benzene rings is 2. The summed E-state index contributed by atoms with van der Waals surface area (Å²) in [6, 6.07) is 16.6. The maximum atomic E-state index is 13.7. The number of nitrogens with zero attached hydrogens (tertiary/aromatic N) is 2. The third-order valence-electron chi connectivity index (χ3n) is 5.12. The molecule has 1 amide bonds. The third kappa shape index (κ3) is 4.01. The van der Waals surface area contributed by atoms with Crippen molar-refractivity contribution < 1.29 is 18.0 Å². The van der Waals surface area contributed by atoms with E-state index >= 15 is 0 Å². The van der Waals surface area contributed by atoms with Gasteiger partial charge >= 0.3 is 6.18 Å². The van der Waals surface area contributed by atoms with Crippen LogP contribution in [-0.4, -0.2) is 27.0 Å². The highest BCUT2D eigenvalue weighted by Crippen LogP contribution is 2.38. The van der Waals surface area contributed by atoms with Crippen molar-refractivity contribution in [3.05, 3.63) is 93.5 Å². The molecule has 4 aromatic rings. The number of aromatic amines is 1. The van der Waals surface area contributed by atoms with Crippen LogP contribution in [0.1, 0.15) is 27.3 Å². The molecule has 0 spiro atoms. The van der Waals surface area contributed by atoms with E-state index in [-0.39, 0.29) is 35.6 Å². The summed E-state index contributed by atoms with van der Waals surface area (Å²) < 4.78 is 41.9. The SMILES string of the molecule is Cc1[nH]c2c(-c3ccccc3)c(C(F)(F)F)nn2c(=O)c1CCNC(=O)c1ccccc1. The van der Waals surface area contributed by atoms with Gasteiger partial charge in [0.2, 0.25) is 0 Å². The lowest BCUT2D eigenvalue weighted by atomic mass is 10.1. The molecule has 32 heavy (non-hydrogen) atoms. The van der Waals surface area contributed by atoms with Crippen molar-refractivity contribution in [2.75, 3.05) is 6.54 Å². The Kier molecular flexibility index (Phi) is 5.56. The molecular weight excluding hydrogens is 421 g/mol. The molecule has 0 saturated heterocycles. The molecule has 9 heteroatoms. The molecule has 2 aromatic heterocycles. The monoisotopic (exact) mass is 440 g/mol. The minimum Gasteiger partial charge on any atom is -0.352 e. The summed E-state index contributed by atoms with van der Waals surface area (Å²) >= 11 is 0. The molecule has 0 radical (unpaired) electrons. The van der Waals surface area contributed by atoms with Crippen molar-refractivity contribution in [3.8, 4) is 11.1 Å². The van der Waals surface area contributed by atoms with E-state index in [1.165, 1.54) is 12.1 Å². The highest BCUT2D eigenvalue weighted by molar-refractivity contribution is 5.94. The van der Waals surface area contributed by atoms with E-state index in [1.54, 1.807) is 55.5 Å². The van der Waals surface area contributed by atoms with E-state index in [0.29, 0.717) is 16.8 Å². The van der Waals surface area contributed by atoms with Gasteiger partial charge in [-0.05, 0) is 31.0 Å². The standard InChI is InChI=1S/C23H19F3N4O2/c1-14-17(12-13-27-21(31)16-10-6-3-7-11-16)22(32)30-20(28-14)18(15-8-4-2-5-9-15)19(29-30)23(24,25)26/h2-11,28H,12-13H2,1H3,(H,27,31). The Hall–Kier alpha value is -3.88. The van der Waals surface area contributed by atoms with Gasteiger partial charge in [0.15, 0.2) is 5.69 Å². The zero-order valence-electron chi connectivity index (χ0n) is 17.0. The molecule has 2 N–H and O–H groups in total. The van der Waals surface area contributed by atoms with Gasteiger partial charge in [0.05, 0.1) is 5.56 Å². The van der Waals surface area contributed by atoms with Gasteiger partial charge in [-0.3, -0.25) is 9.59 Å². The zero-order valence-corrected chi connectivity index (χ0v) is 17.0. The maximum absolute atomic E-state index is 13.7. The molecule has 0 aliphatic carbocycles. The number of nitrogens with one attached hydrogen (secondary N) is 2. The van der Waals surface area contributed by atoms with E-state index < -0.39 is 17.4 Å². The van der Waals surface area contributed by atoms with Crippen LogP contribution in [0, 0.1) is 6.92 Å². The number of alkyl halides is 3. The van der Waals surface area contributed by atoms with Gasteiger partial charge in [-0.1, -0.05) is 48.5 Å². The second-order valence-electron chi connectivity index (χ2n) is 7.25. The molecule has 2 aromatic carbocycles. The number of halogens is 3. The Morgan fingerprint density at radius 1 is 1.06 bits per heavy atom. The summed E-state index contributed by atoms with van der Waals surface area (Å²) in [5.41, 5.74) is -0.547. The molecule has 0 fully saturated rings. The van der Waals surface area contributed by atoms with E-state index in [1.807, 2.05) is 0 Å². The molecule has 0 aliphatic rings. The molecule has 0 atom stereocenters. The summed E-state index contributed by atoms with van der Waals surface area (Å²) in [5, 5.41) is 6.33. The minimum absolute atomic E-state index is 0.0249. The van der Waals surface area contributed by atoms with Gasteiger partial charge in [0.1, 0.15) is 5.65 Å². The van der Waals surface area contributed by atoms with Crippen LogP contribution in [0.5, 0.6) is 0 Å². The first-order valence-electron chi connectivity index (χ1n) is 9.87. The Balaban J connectivity index is 1.71. The van der Waals surface area contributed by atoms with Gasteiger partial charge in [0, 0.05) is 23.4 Å². The molecular formula is C23H19F3N4O2. The zero-order chi connectivity index (χ0) is 22.9. The molecule has 4 rings (SSSR count). The summed E-state index contributed by atoms with van der Waals surface area (Å²) in [5.74, 6) is -0.300. The van der Waals surface area contributed by atoms with Crippen LogP contribution < -0.4 is 10.9 Å². The maximum Gasteiger partial charge on any atom is 0.435 e. The van der Waals surface area contributed by atoms with Crippen LogP contribution in [0.2, 0.25) is 0 Å². The van der Waals surface area contributed by atoms with Crippen molar-refractivity contribution in [2.24, 2.45) is 0 Å². The van der Waals surface area contributed by atoms with E-state index in [4.69, 9.17) is 0 Å². The van der Waals surface area contributed by atoms with Crippen LogP contribution in [0.4, 0.5) is 13.2 Å². The summed E-state index contributed by atoms with van der Waals surface area (Å²) in [6.45, 7) is 1.76. The topological polar surface area (TPSA) is 79.3 Å². The number of carbonyl (C=O) groups excluding carboxylic acids is 1. The fraction of sp³-hybridized carbons (Fsp3) is 0.174. The van der Waals surface area contributed by atoms with Gasteiger partial charge in [-0.2, -0.15) is 22.8 Å². The number of aryl methyl sites for hydroxylation is 1. The first-order valence-corrected chi connectivity index (χ1v) is 9.87. The lowest BCUT2D eigenvalue weighted by molar-refractivity contribution is -0.140. The second-order valence-corrected chi connectivity index (χ2v) is 7.25. The average Bonchev–Trinajstić information content (AvgIpc) is 3.17. The van der Waals surface area contributed by atoms with E-state index in [0.717, 1.165) is 4.52 Å². The van der Waals surface area contributed by atoms with Gasteiger partial charge < -0.3 is 10.3 Å². The molecule has 0 bridgehead atoms. The molecule has 0 saturated carbocycles. The minimum atomic E-state index is -4.74. The third-order valence-corrected chi connectivity index (χ3v) is 5.12. The Morgan fingerprint density at radius 2 is 1.69 bits per heavy atom. The molecule has 6 nitrogen and oxygen atoms in total. The lowest BCUT2D eigenvalue weighted by Gasteiger charge is -2.09. The van der Waals surface area contributed by atoms with Crippen molar-refractivity contribution in [2.45, 2.75) is 19.5 Å². The van der Waals surface area contributed by atoms with Crippen molar-refractivity contribution in [3.63, 3.8) is 0 Å². The van der Waals surface area contributed by atoms with Crippen LogP contribution in [0.3, 0.4) is 0 Å². The predicted molar refractivity (Wildman–Crippen MR) is 113 cm³/mol. The Labute approximate surface area is 180 Å². The lowest BCUT2D eigenvalue weighted by Crippen LogP contribution is -2.29. The summed E-state index contributed by atoms with van der Waals surface area (Å²) in [6.07, 6.45) is -4.60. The smallest absolute Gasteiger partial charge is 0.352 e. The second kappa shape index (κ2) is 8.33. The molecule has 2 heterocycles. The summed E-state index contributed by atoms with van der Waals surface area (Å²) in [7, 11) is 0. The fourth-order valence-electron chi connectivity index (χ4n) is 3.59. The fourth-order valence-corrected chi connectivity index (χ4v) is 3.59. The molecule has 164 valence electrons. The van der Waals surface area contributed by atoms with Crippen LogP contribution >= 0.6 is 0 Å². The highest BCUT2D eigenvalue weighted by Gasteiger charge is 2.39. The first-order chi connectivity index (χ1) is 15.3. The Morgan fingerprint density at radius 3 is 2.31 bits per heavy atom. The van der Waals surface area contributed by atoms with E-state index in [9.17, 15) is 22.8 Å². The number of hydrogen-bond acceptors (Lipinski definition) is 3. The highest BCUT2D eigenvalue weighted by atomic mass is 19.4. The quantitative estimate of drug-likeness (QED) is 0.493. The number of hydrogen-bond donors (Lipinski definition) is 2. The number of H-pyrrole nitrogens is 1. The summed E-state index contributed by atoms with van der Waals surface area (Å²) in [4.78, 5) is 28.1. The number of amides is 1. The number of aromatic nitrogens is 3. The van der Waals surface area contributed by atoms with Crippen molar-refractivity contribution in [1.29, 1.82) is 0 Å². The van der Waals surface area contributed by atoms with Crippen LogP contribution in [-0.2, 0) is 12.6 Å². The normalized spacial score (nSPS) is 11.6. The Bertz CT molecular complexity index is 1330. The number of fused-ring (bicyclic) bond motifs is 1. The number of carbonyl (C=O) groups is 1.